The predicted molar refractivity (Wildman–Crippen MR) is 78.4 cm³/mol. The lowest BCUT2D eigenvalue weighted by Crippen LogP contribution is -2.60. The smallest absolute Gasteiger partial charge is 0.269 e. The van der Waals surface area contributed by atoms with E-state index in [1.807, 2.05) is 6.92 Å². The van der Waals surface area contributed by atoms with Crippen molar-refractivity contribution in [3.8, 4) is 5.75 Å². The minimum atomic E-state index is -0.396. The zero-order valence-electron chi connectivity index (χ0n) is 12.2. The number of ether oxygens (including phenoxy) is 1. The quantitative estimate of drug-likeness (QED) is 0.684. The van der Waals surface area contributed by atoms with E-state index in [1.165, 1.54) is 18.6 Å². The predicted octanol–water partition coefficient (Wildman–Crippen LogP) is 3.37. The summed E-state index contributed by atoms with van der Waals surface area (Å²) in [4.78, 5) is 10.4. The third-order valence-corrected chi connectivity index (χ3v) is 5.17. The van der Waals surface area contributed by atoms with Crippen LogP contribution in [0.15, 0.2) is 18.2 Å². The summed E-state index contributed by atoms with van der Waals surface area (Å²) in [5, 5.41) is 21.0. The van der Waals surface area contributed by atoms with Crippen molar-refractivity contribution in [1.29, 1.82) is 0 Å². The number of hydrogen-bond acceptors (Lipinski definition) is 4. The largest absolute Gasteiger partial charge is 0.489 e. The summed E-state index contributed by atoms with van der Waals surface area (Å²) >= 11 is 0. The molecule has 1 aromatic rings. The molecule has 21 heavy (non-hydrogen) atoms. The Morgan fingerprint density at radius 2 is 2.05 bits per heavy atom. The van der Waals surface area contributed by atoms with E-state index in [2.05, 4.69) is 0 Å². The third-order valence-electron chi connectivity index (χ3n) is 5.17. The lowest BCUT2D eigenvalue weighted by Gasteiger charge is -2.55. The van der Waals surface area contributed by atoms with Crippen LogP contribution in [0.3, 0.4) is 0 Å². The Kier molecular flexibility index (Phi) is 3.61. The lowest BCUT2D eigenvalue weighted by molar-refractivity contribution is -0.384. The molecule has 2 aliphatic carbocycles. The maximum Gasteiger partial charge on any atom is 0.269 e. The van der Waals surface area contributed by atoms with Crippen molar-refractivity contribution in [2.75, 3.05) is 0 Å². The van der Waals surface area contributed by atoms with Gasteiger partial charge >= 0.3 is 0 Å². The van der Waals surface area contributed by atoms with E-state index in [-0.39, 0.29) is 23.3 Å². The number of benzene rings is 1. The molecule has 1 spiro atoms. The Morgan fingerprint density at radius 1 is 1.33 bits per heavy atom. The third kappa shape index (κ3) is 2.39. The minimum Gasteiger partial charge on any atom is -0.489 e. The molecular weight excluding hydrogens is 270 g/mol. The zero-order valence-corrected chi connectivity index (χ0v) is 12.2. The fourth-order valence-electron chi connectivity index (χ4n) is 3.79. The fourth-order valence-corrected chi connectivity index (χ4v) is 3.79. The van der Waals surface area contributed by atoms with E-state index in [1.54, 1.807) is 6.07 Å². The highest BCUT2D eigenvalue weighted by Gasteiger charge is 2.56. The van der Waals surface area contributed by atoms with Crippen molar-refractivity contribution in [2.24, 2.45) is 5.41 Å². The molecule has 0 heterocycles. The van der Waals surface area contributed by atoms with Gasteiger partial charge in [-0.1, -0.05) is 19.3 Å². The Balaban J connectivity index is 1.76. The molecule has 0 bridgehead atoms. The van der Waals surface area contributed by atoms with Gasteiger partial charge in [-0.15, -0.1) is 0 Å². The molecule has 1 aromatic carbocycles. The Bertz CT molecular complexity index is 551. The molecular formula is C16H21NO4. The highest BCUT2D eigenvalue weighted by molar-refractivity contribution is 5.43. The molecule has 1 N–H and O–H groups in total. The van der Waals surface area contributed by atoms with Crippen LogP contribution in [0.25, 0.3) is 0 Å². The van der Waals surface area contributed by atoms with Crippen LogP contribution in [0.4, 0.5) is 5.69 Å². The molecule has 2 aliphatic rings. The molecule has 5 nitrogen and oxygen atoms in total. The first kappa shape index (κ1) is 14.3. The Labute approximate surface area is 124 Å². The van der Waals surface area contributed by atoms with Crippen molar-refractivity contribution >= 4 is 5.69 Å². The molecule has 3 rings (SSSR count). The number of hydrogen-bond donors (Lipinski definition) is 1. The molecule has 114 valence electrons. The topological polar surface area (TPSA) is 72.6 Å². The van der Waals surface area contributed by atoms with Gasteiger partial charge in [-0.3, -0.25) is 10.1 Å². The normalized spacial score (nSPS) is 27.1. The van der Waals surface area contributed by atoms with Crippen molar-refractivity contribution in [1.82, 2.24) is 0 Å². The number of nitro benzene ring substituents is 1. The van der Waals surface area contributed by atoms with Gasteiger partial charge in [-0.05, 0) is 31.4 Å². The van der Waals surface area contributed by atoms with Crippen molar-refractivity contribution in [3.05, 3.63) is 33.9 Å². The van der Waals surface area contributed by atoms with Crippen LogP contribution in [-0.4, -0.2) is 22.2 Å². The van der Waals surface area contributed by atoms with Gasteiger partial charge in [-0.25, -0.2) is 0 Å². The minimum absolute atomic E-state index is 0.0351. The molecule has 0 amide bonds. The molecule has 0 aliphatic heterocycles. The molecule has 5 heteroatoms. The molecule has 2 fully saturated rings. The summed E-state index contributed by atoms with van der Waals surface area (Å²) in [5.41, 5.74) is 0.768. The second-order valence-corrected chi connectivity index (χ2v) is 6.36. The summed E-state index contributed by atoms with van der Waals surface area (Å²) < 4.78 is 6.10. The molecule has 2 atom stereocenters. The molecule has 2 unspecified atom stereocenters. The SMILES string of the molecule is Cc1cc([N+](=O)[O-])ccc1OC1CC(O)C12CCCCC2. The van der Waals surface area contributed by atoms with Crippen LogP contribution in [0.1, 0.15) is 44.1 Å². The maximum absolute atomic E-state index is 10.8. The standard InChI is InChI=1S/C16H21NO4/c1-11-9-12(17(19)20)5-6-13(11)21-15-10-14(18)16(15)7-3-2-4-8-16/h5-6,9,14-15,18H,2-4,7-8,10H2,1H3. The monoisotopic (exact) mass is 291 g/mol. The summed E-state index contributed by atoms with van der Waals surface area (Å²) in [7, 11) is 0. The molecule has 0 aromatic heterocycles. The van der Waals surface area contributed by atoms with Gasteiger partial charge in [0.15, 0.2) is 0 Å². The maximum atomic E-state index is 10.8. The van der Waals surface area contributed by atoms with Gasteiger partial charge in [0.1, 0.15) is 11.9 Å². The number of nitrogens with zero attached hydrogens (tertiary/aromatic N) is 1. The van der Waals surface area contributed by atoms with Gasteiger partial charge in [0.2, 0.25) is 0 Å². The van der Waals surface area contributed by atoms with Crippen molar-refractivity contribution < 1.29 is 14.8 Å². The van der Waals surface area contributed by atoms with Crippen LogP contribution in [0, 0.1) is 22.5 Å². The van der Waals surface area contributed by atoms with E-state index in [0.29, 0.717) is 12.2 Å². The first-order valence-electron chi connectivity index (χ1n) is 7.63. The first-order chi connectivity index (χ1) is 10.0. The number of aliphatic hydroxyl groups excluding tert-OH is 1. The number of aliphatic hydroxyl groups is 1. The van der Waals surface area contributed by atoms with Gasteiger partial charge in [0, 0.05) is 24.0 Å². The Morgan fingerprint density at radius 3 is 2.62 bits per heavy atom. The lowest BCUT2D eigenvalue weighted by atomic mass is 9.56. The first-order valence-corrected chi connectivity index (χ1v) is 7.63. The summed E-state index contributed by atoms with van der Waals surface area (Å²) in [6, 6.07) is 4.69. The number of non-ortho nitro benzene ring substituents is 1. The average Bonchev–Trinajstić information content (AvgIpc) is 2.49. The van der Waals surface area contributed by atoms with E-state index < -0.39 is 4.92 Å². The van der Waals surface area contributed by atoms with Crippen LogP contribution in [-0.2, 0) is 0 Å². The summed E-state index contributed by atoms with van der Waals surface area (Å²) in [6.07, 6.45) is 6.00. The number of nitro groups is 1. The van der Waals surface area contributed by atoms with Gasteiger partial charge in [0.25, 0.3) is 5.69 Å². The Hall–Kier alpha value is -1.62. The van der Waals surface area contributed by atoms with Crippen LogP contribution in [0.2, 0.25) is 0 Å². The second-order valence-electron chi connectivity index (χ2n) is 6.36. The molecule has 0 radical (unpaired) electrons. The van der Waals surface area contributed by atoms with Crippen LogP contribution in [0.5, 0.6) is 5.75 Å². The zero-order chi connectivity index (χ0) is 15.0. The number of rotatable bonds is 3. The van der Waals surface area contributed by atoms with Gasteiger partial charge in [0.05, 0.1) is 11.0 Å². The second kappa shape index (κ2) is 5.30. The highest BCUT2D eigenvalue weighted by Crippen LogP contribution is 2.53. The highest BCUT2D eigenvalue weighted by atomic mass is 16.6. The molecule has 2 saturated carbocycles. The fraction of sp³-hybridized carbons (Fsp3) is 0.625. The van der Waals surface area contributed by atoms with E-state index in [9.17, 15) is 15.2 Å². The average molecular weight is 291 g/mol. The van der Waals surface area contributed by atoms with Crippen molar-refractivity contribution in [3.63, 3.8) is 0 Å². The number of aryl methyl sites for hydroxylation is 1. The molecule has 0 saturated heterocycles. The van der Waals surface area contributed by atoms with E-state index in [0.717, 1.165) is 31.2 Å². The van der Waals surface area contributed by atoms with E-state index in [4.69, 9.17) is 4.74 Å². The van der Waals surface area contributed by atoms with Crippen LogP contribution < -0.4 is 4.74 Å². The van der Waals surface area contributed by atoms with Crippen LogP contribution >= 0.6 is 0 Å². The summed E-state index contributed by atoms with van der Waals surface area (Å²) in [5.74, 6) is 0.697. The van der Waals surface area contributed by atoms with Crippen molar-refractivity contribution in [2.45, 2.75) is 57.7 Å². The van der Waals surface area contributed by atoms with E-state index >= 15 is 0 Å². The summed E-state index contributed by atoms with van der Waals surface area (Å²) in [6.45, 7) is 1.82. The van der Waals surface area contributed by atoms with Gasteiger partial charge < -0.3 is 9.84 Å². The van der Waals surface area contributed by atoms with Gasteiger partial charge in [-0.2, -0.15) is 0 Å².